The third-order valence-corrected chi connectivity index (χ3v) is 5.85. The van der Waals surface area contributed by atoms with Crippen LogP contribution in [0.1, 0.15) is 17.0 Å². The Morgan fingerprint density at radius 3 is 2.00 bits per heavy atom. The Balaban J connectivity index is 1.90. The van der Waals surface area contributed by atoms with Crippen LogP contribution in [0.15, 0.2) is 30.6 Å². The van der Waals surface area contributed by atoms with E-state index in [4.69, 9.17) is 39.9 Å². The second-order valence-electron chi connectivity index (χ2n) is 7.02. The Bertz CT molecular complexity index is 1220. The highest BCUT2D eigenvalue weighted by molar-refractivity contribution is 6.42. The van der Waals surface area contributed by atoms with E-state index in [0.717, 1.165) is 33.8 Å². The second kappa shape index (κ2) is 7.52. The van der Waals surface area contributed by atoms with Gasteiger partial charge >= 0.3 is 0 Å². The molecule has 0 aliphatic heterocycles. The molecule has 9 heteroatoms. The van der Waals surface area contributed by atoms with E-state index in [1.807, 2.05) is 57.2 Å². The van der Waals surface area contributed by atoms with Crippen molar-refractivity contribution < 1.29 is 0 Å². The SMILES string of the molecule is Cc1nn(C)cc1-c1nn(Cc2ccc(Cl)c(Cl)c2)c(-c2cn(C)nc2C)c1Cl. The van der Waals surface area contributed by atoms with Crippen LogP contribution in [0.25, 0.3) is 22.5 Å². The lowest BCUT2D eigenvalue weighted by molar-refractivity contribution is 0.696. The van der Waals surface area contributed by atoms with E-state index in [1.54, 1.807) is 15.4 Å². The Labute approximate surface area is 183 Å². The second-order valence-corrected chi connectivity index (χ2v) is 8.21. The highest BCUT2D eigenvalue weighted by Gasteiger charge is 2.24. The van der Waals surface area contributed by atoms with Gasteiger partial charge in [0.15, 0.2) is 0 Å². The lowest BCUT2D eigenvalue weighted by Crippen LogP contribution is -2.04. The van der Waals surface area contributed by atoms with E-state index in [-0.39, 0.29) is 0 Å². The number of nitrogens with zero attached hydrogens (tertiary/aromatic N) is 6. The zero-order valence-corrected chi connectivity index (χ0v) is 18.7. The van der Waals surface area contributed by atoms with Crippen molar-refractivity contribution in [3.63, 3.8) is 0 Å². The van der Waals surface area contributed by atoms with Crippen molar-refractivity contribution >= 4 is 34.8 Å². The molecule has 0 radical (unpaired) electrons. The highest BCUT2D eigenvalue weighted by Crippen LogP contribution is 2.38. The molecule has 1 aromatic carbocycles. The van der Waals surface area contributed by atoms with Gasteiger partial charge in [-0.3, -0.25) is 14.0 Å². The maximum atomic E-state index is 6.88. The van der Waals surface area contributed by atoms with Gasteiger partial charge in [-0.05, 0) is 31.5 Å². The van der Waals surface area contributed by atoms with Gasteiger partial charge in [0.1, 0.15) is 5.69 Å². The number of rotatable bonds is 4. The Morgan fingerprint density at radius 1 is 0.828 bits per heavy atom. The topological polar surface area (TPSA) is 53.5 Å². The molecule has 3 heterocycles. The molecule has 4 aromatic rings. The summed E-state index contributed by atoms with van der Waals surface area (Å²) >= 11 is 19.2. The van der Waals surface area contributed by atoms with E-state index in [2.05, 4.69) is 10.2 Å². The molecule has 0 bridgehead atoms. The fraction of sp³-hybridized carbons (Fsp3) is 0.250. The summed E-state index contributed by atoms with van der Waals surface area (Å²) in [6.07, 6.45) is 3.87. The molecular weight excluding hydrogens is 431 g/mol. The molecule has 0 fully saturated rings. The molecule has 0 atom stereocenters. The molecule has 0 amide bonds. The number of halogens is 3. The average molecular weight is 450 g/mol. The molecule has 0 N–H and O–H groups in total. The fourth-order valence-corrected chi connectivity index (χ4v) is 4.12. The lowest BCUT2D eigenvalue weighted by Gasteiger charge is -2.08. The monoisotopic (exact) mass is 448 g/mol. The number of aryl methyl sites for hydroxylation is 4. The molecule has 0 unspecified atom stereocenters. The van der Waals surface area contributed by atoms with Crippen LogP contribution in [0.2, 0.25) is 15.1 Å². The van der Waals surface area contributed by atoms with E-state index >= 15 is 0 Å². The van der Waals surface area contributed by atoms with Crippen molar-refractivity contribution in [2.24, 2.45) is 14.1 Å². The van der Waals surface area contributed by atoms with Crippen LogP contribution in [0.5, 0.6) is 0 Å². The molecule has 4 rings (SSSR count). The summed E-state index contributed by atoms with van der Waals surface area (Å²) in [5, 5.41) is 15.3. The number of hydrogen-bond donors (Lipinski definition) is 0. The predicted octanol–water partition coefficient (Wildman–Crippen LogP) is 5.31. The molecule has 0 aliphatic carbocycles. The first-order valence-electron chi connectivity index (χ1n) is 8.96. The first-order chi connectivity index (χ1) is 13.7. The van der Waals surface area contributed by atoms with Crippen LogP contribution < -0.4 is 0 Å². The normalized spacial score (nSPS) is 11.4. The Kier molecular flexibility index (Phi) is 5.19. The molecule has 150 valence electrons. The highest BCUT2D eigenvalue weighted by atomic mass is 35.5. The lowest BCUT2D eigenvalue weighted by atomic mass is 10.1. The number of hydrogen-bond acceptors (Lipinski definition) is 3. The largest absolute Gasteiger partial charge is 0.275 e. The van der Waals surface area contributed by atoms with Gasteiger partial charge in [-0.25, -0.2) is 0 Å². The van der Waals surface area contributed by atoms with Crippen molar-refractivity contribution in [3.8, 4) is 22.5 Å². The van der Waals surface area contributed by atoms with Crippen molar-refractivity contribution in [3.05, 3.63) is 62.6 Å². The summed E-state index contributed by atoms with van der Waals surface area (Å²) in [5.74, 6) is 0. The van der Waals surface area contributed by atoms with E-state index in [1.165, 1.54) is 0 Å². The standard InChI is InChI=1S/C20H19Cl3N6/c1-11-14(9-27(3)24-11)19-18(23)20(15-10-28(4)25-12(15)2)29(26-19)8-13-5-6-16(21)17(22)7-13/h5-7,9-10H,8H2,1-4H3. The van der Waals surface area contributed by atoms with Gasteiger partial charge in [0, 0.05) is 37.6 Å². The van der Waals surface area contributed by atoms with Gasteiger partial charge < -0.3 is 0 Å². The van der Waals surface area contributed by atoms with E-state index in [0.29, 0.717) is 27.3 Å². The number of benzene rings is 1. The van der Waals surface area contributed by atoms with Crippen LogP contribution in [-0.2, 0) is 20.6 Å². The average Bonchev–Trinajstić information content (AvgIpc) is 3.26. The zero-order chi connectivity index (χ0) is 20.9. The summed E-state index contributed by atoms with van der Waals surface area (Å²) < 4.78 is 5.41. The maximum Gasteiger partial charge on any atom is 0.115 e. The van der Waals surface area contributed by atoms with Crippen LogP contribution >= 0.6 is 34.8 Å². The predicted molar refractivity (Wildman–Crippen MR) is 117 cm³/mol. The first kappa shape index (κ1) is 20.0. The van der Waals surface area contributed by atoms with Gasteiger partial charge in [-0.2, -0.15) is 15.3 Å². The zero-order valence-electron chi connectivity index (χ0n) is 16.4. The first-order valence-corrected chi connectivity index (χ1v) is 10.1. The minimum Gasteiger partial charge on any atom is -0.275 e. The van der Waals surface area contributed by atoms with Crippen LogP contribution in [-0.4, -0.2) is 29.3 Å². The summed E-state index contributed by atoms with van der Waals surface area (Å²) in [7, 11) is 3.76. The molecule has 0 saturated heterocycles. The van der Waals surface area contributed by atoms with Gasteiger partial charge in [0.25, 0.3) is 0 Å². The van der Waals surface area contributed by atoms with Crippen LogP contribution in [0, 0.1) is 13.8 Å². The maximum absolute atomic E-state index is 6.88. The minimum absolute atomic E-state index is 0.486. The minimum atomic E-state index is 0.486. The quantitative estimate of drug-likeness (QED) is 0.424. The summed E-state index contributed by atoms with van der Waals surface area (Å²) in [4.78, 5) is 0. The summed E-state index contributed by atoms with van der Waals surface area (Å²) in [6.45, 7) is 4.38. The molecular formula is C20H19Cl3N6. The molecule has 6 nitrogen and oxygen atoms in total. The van der Waals surface area contributed by atoms with Gasteiger partial charge in [-0.1, -0.05) is 40.9 Å². The van der Waals surface area contributed by atoms with Gasteiger partial charge in [0.05, 0.1) is 38.7 Å². The smallest absolute Gasteiger partial charge is 0.115 e. The molecule has 29 heavy (non-hydrogen) atoms. The molecule has 0 saturated carbocycles. The molecule has 0 spiro atoms. The molecule has 0 aliphatic rings. The van der Waals surface area contributed by atoms with Crippen molar-refractivity contribution in [1.29, 1.82) is 0 Å². The number of aromatic nitrogens is 6. The Morgan fingerprint density at radius 2 is 1.45 bits per heavy atom. The van der Waals surface area contributed by atoms with E-state index < -0.39 is 0 Å². The fourth-order valence-electron chi connectivity index (χ4n) is 3.46. The van der Waals surface area contributed by atoms with Crippen molar-refractivity contribution in [2.45, 2.75) is 20.4 Å². The van der Waals surface area contributed by atoms with Gasteiger partial charge in [-0.15, -0.1) is 0 Å². The van der Waals surface area contributed by atoms with E-state index in [9.17, 15) is 0 Å². The van der Waals surface area contributed by atoms with Crippen LogP contribution in [0.4, 0.5) is 0 Å². The molecule has 3 aromatic heterocycles. The third-order valence-electron chi connectivity index (χ3n) is 4.75. The van der Waals surface area contributed by atoms with Crippen molar-refractivity contribution in [1.82, 2.24) is 29.3 Å². The van der Waals surface area contributed by atoms with Gasteiger partial charge in [0.2, 0.25) is 0 Å². The summed E-state index contributed by atoms with van der Waals surface area (Å²) in [5.41, 5.74) is 6.03. The summed E-state index contributed by atoms with van der Waals surface area (Å²) in [6, 6.07) is 5.55. The van der Waals surface area contributed by atoms with Crippen molar-refractivity contribution in [2.75, 3.05) is 0 Å². The van der Waals surface area contributed by atoms with Crippen LogP contribution in [0.3, 0.4) is 0 Å². The Hall–Kier alpha value is -2.28. The third kappa shape index (κ3) is 3.68.